The Balaban J connectivity index is 1.88. The Morgan fingerprint density at radius 3 is 2.67 bits per heavy atom. The number of carbonyl (C=O) groups excluding carboxylic acids is 2. The molecule has 3 aromatic rings. The number of esters is 1. The van der Waals surface area contributed by atoms with Gasteiger partial charge in [-0.3, -0.25) is 23.9 Å². The second-order valence-electron chi connectivity index (χ2n) is 7.18. The maximum absolute atomic E-state index is 12.2. The molecule has 0 fully saturated rings. The number of thioether (sulfide) groups is 1. The van der Waals surface area contributed by atoms with E-state index >= 15 is 0 Å². The van der Waals surface area contributed by atoms with Crippen LogP contribution in [0, 0.1) is 13.8 Å². The zero-order chi connectivity index (χ0) is 24.0. The van der Waals surface area contributed by atoms with E-state index in [1.54, 1.807) is 11.5 Å². The van der Waals surface area contributed by atoms with E-state index in [0.717, 1.165) is 28.6 Å². The topological polar surface area (TPSA) is 152 Å². The second-order valence-corrected chi connectivity index (χ2v) is 8.13. The summed E-state index contributed by atoms with van der Waals surface area (Å²) >= 11 is 1.15. The normalized spacial score (nSPS) is 10.8. The van der Waals surface area contributed by atoms with Crippen LogP contribution in [0.15, 0.2) is 39.0 Å². The molecule has 0 saturated carbocycles. The van der Waals surface area contributed by atoms with Crippen molar-refractivity contribution in [3.63, 3.8) is 0 Å². The first-order valence-electron chi connectivity index (χ1n) is 10.2. The molecule has 1 amide bonds. The SMILES string of the molecule is CCOC(=O)CNC(=O)CSc1nnc(Cc2cc(=O)[nH]c(=O)[nH]2)n1-c1cc(C)ccc1C. The highest BCUT2D eigenvalue weighted by Crippen LogP contribution is 2.26. The molecule has 0 aliphatic heterocycles. The summed E-state index contributed by atoms with van der Waals surface area (Å²) in [5.41, 5.74) is 2.04. The highest BCUT2D eigenvalue weighted by atomic mass is 32.2. The molecule has 33 heavy (non-hydrogen) atoms. The van der Waals surface area contributed by atoms with Crippen molar-refractivity contribution in [3.05, 3.63) is 67.7 Å². The molecule has 3 N–H and O–H groups in total. The van der Waals surface area contributed by atoms with E-state index in [1.165, 1.54) is 6.07 Å². The third kappa shape index (κ3) is 6.42. The molecule has 174 valence electrons. The number of nitrogens with zero attached hydrogens (tertiary/aromatic N) is 3. The summed E-state index contributed by atoms with van der Waals surface area (Å²) < 4.78 is 6.59. The molecule has 12 heteroatoms. The van der Waals surface area contributed by atoms with Crippen LogP contribution in [0.4, 0.5) is 0 Å². The summed E-state index contributed by atoms with van der Waals surface area (Å²) in [4.78, 5) is 51.7. The highest BCUT2D eigenvalue weighted by molar-refractivity contribution is 7.99. The molecule has 0 unspecified atom stereocenters. The van der Waals surface area contributed by atoms with Crippen LogP contribution in [0.25, 0.3) is 5.69 Å². The number of aryl methyl sites for hydroxylation is 2. The van der Waals surface area contributed by atoms with Gasteiger partial charge in [-0.25, -0.2) is 4.79 Å². The second kappa shape index (κ2) is 10.8. The fraction of sp³-hybridized carbons (Fsp3) is 0.333. The molecule has 0 bridgehead atoms. The minimum absolute atomic E-state index is 0.00421. The molecule has 0 aliphatic rings. The average Bonchev–Trinajstić information content (AvgIpc) is 3.14. The third-order valence-electron chi connectivity index (χ3n) is 4.54. The van der Waals surface area contributed by atoms with Crippen LogP contribution in [0.1, 0.15) is 29.6 Å². The summed E-state index contributed by atoms with van der Waals surface area (Å²) in [5.74, 6) is -0.378. The van der Waals surface area contributed by atoms with Crippen LogP contribution in [0.2, 0.25) is 0 Å². The molecule has 2 heterocycles. The smallest absolute Gasteiger partial charge is 0.325 e. The zero-order valence-electron chi connectivity index (χ0n) is 18.4. The molecule has 11 nitrogen and oxygen atoms in total. The largest absolute Gasteiger partial charge is 0.465 e. The molecule has 3 rings (SSSR count). The Morgan fingerprint density at radius 1 is 1.15 bits per heavy atom. The highest BCUT2D eigenvalue weighted by Gasteiger charge is 2.18. The number of benzene rings is 1. The van der Waals surface area contributed by atoms with Gasteiger partial charge in [0.25, 0.3) is 5.56 Å². The monoisotopic (exact) mass is 472 g/mol. The fourth-order valence-corrected chi connectivity index (χ4v) is 3.85. The minimum Gasteiger partial charge on any atom is -0.465 e. The Bertz CT molecular complexity index is 1250. The molecule has 2 aromatic heterocycles. The maximum Gasteiger partial charge on any atom is 0.325 e. The van der Waals surface area contributed by atoms with E-state index in [-0.39, 0.29) is 31.2 Å². The van der Waals surface area contributed by atoms with Crippen molar-refractivity contribution >= 4 is 23.6 Å². The summed E-state index contributed by atoms with van der Waals surface area (Å²) in [7, 11) is 0. The van der Waals surface area contributed by atoms with Crippen molar-refractivity contribution in [2.45, 2.75) is 32.3 Å². The van der Waals surface area contributed by atoms with Crippen molar-refractivity contribution in [1.29, 1.82) is 0 Å². The van der Waals surface area contributed by atoms with Gasteiger partial charge in [-0.2, -0.15) is 0 Å². The van der Waals surface area contributed by atoms with Crippen LogP contribution in [-0.2, 0) is 20.7 Å². The van der Waals surface area contributed by atoms with Gasteiger partial charge in [-0.1, -0.05) is 23.9 Å². The lowest BCUT2D eigenvalue weighted by atomic mass is 10.1. The molecule has 0 radical (unpaired) electrons. The van der Waals surface area contributed by atoms with Crippen molar-refractivity contribution in [2.75, 3.05) is 18.9 Å². The zero-order valence-corrected chi connectivity index (χ0v) is 19.2. The van der Waals surface area contributed by atoms with E-state index < -0.39 is 17.2 Å². The Labute approximate surface area is 193 Å². The van der Waals surface area contributed by atoms with Crippen molar-refractivity contribution < 1.29 is 14.3 Å². The first kappa shape index (κ1) is 24.0. The molecule has 0 spiro atoms. The van der Waals surface area contributed by atoms with Gasteiger partial charge in [0.05, 0.1) is 18.0 Å². The van der Waals surface area contributed by atoms with E-state index in [2.05, 4.69) is 25.5 Å². The number of hydrogen-bond acceptors (Lipinski definition) is 8. The number of hydrogen-bond donors (Lipinski definition) is 3. The number of ether oxygens (including phenoxy) is 1. The fourth-order valence-electron chi connectivity index (χ4n) is 3.06. The lowest BCUT2D eigenvalue weighted by molar-refractivity contribution is -0.143. The first-order valence-corrected chi connectivity index (χ1v) is 11.1. The summed E-state index contributed by atoms with van der Waals surface area (Å²) in [6, 6.07) is 7.20. The molecule has 0 aliphatic carbocycles. The van der Waals surface area contributed by atoms with Gasteiger partial charge in [0, 0.05) is 18.2 Å². The number of rotatable bonds is 9. The van der Waals surface area contributed by atoms with Gasteiger partial charge >= 0.3 is 11.7 Å². The van der Waals surface area contributed by atoms with E-state index in [9.17, 15) is 19.2 Å². The molecular weight excluding hydrogens is 448 g/mol. The Kier molecular flexibility index (Phi) is 7.83. The summed E-state index contributed by atoms with van der Waals surface area (Å²) in [5, 5.41) is 11.4. The predicted molar refractivity (Wildman–Crippen MR) is 122 cm³/mol. The number of aromatic nitrogens is 5. The van der Waals surface area contributed by atoms with Crippen LogP contribution in [0.5, 0.6) is 0 Å². The molecule has 0 saturated heterocycles. The number of aromatic amines is 2. The summed E-state index contributed by atoms with van der Waals surface area (Å²) in [6.45, 7) is 5.61. The standard InChI is InChI=1S/C21H24N6O5S/c1-4-32-19(30)10-22-18(29)11-33-21-26-25-16(8-14-9-17(28)24-20(31)23-14)27(21)15-7-12(2)5-6-13(15)3/h5-7,9H,4,8,10-11H2,1-3H3,(H,22,29)(H2,23,24,28,31). The quantitative estimate of drug-likeness (QED) is 0.303. The van der Waals surface area contributed by atoms with Crippen LogP contribution < -0.4 is 16.6 Å². The van der Waals surface area contributed by atoms with Crippen LogP contribution >= 0.6 is 11.8 Å². The molecular formula is C21H24N6O5S. The molecule has 1 aromatic carbocycles. The summed E-state index contributed by atoms with van der Waals surface area (Å²) in [6.07, 6.45) is 0.148. The first-order chi connectivity index (χ1) is 15.8. The third-order valence-corrected chi connectivity index (χ3v) is 5.47. The van der Waals surface area contributed by atoms with Crippen molar-refractivity contribution in [1.82, 2.24) is 30.0 Å². The predicted octanol–water partition coefficient (Wildman–Crippen LogP) is 0.623. The van der Waals surface area contributed by atoms with Gasteiger partial charge in [-0.15, -0.1) is 10.2 Å². The Hall–Kier alpha value is -3.67. The molecule has 0 atom stereocenters. The number of carbonyl (C=O) groups is 2. The van der Waals surface area contributed by atoms with E-state index in [4.69, 9.17) is 4.74 Å². The van der Waals surface area contributed by atoms with Crippen LogP contribution in [0.3, 0.4) is 0 Å². The number of nitrogens with one attached hydrogen (secondary N) is 3. The van der Waals surface area contributed by atoms with Gasteiger partial charge in [0.15, 0.2) is 5.16 Å². The maximum atomic E-state index is 12.2. The van der Waals surface area contributed by atoms with Gasteiger partial charge < -0.3 is 15.0 Å². The van der Waals surface area contributed by atoms with Crippen molar-refractivity contribution in [2.24, 2.45) is 0 Å². The van der Waals surface area contributed by atoms with Gasteiger partial charge in [0.1, 0.15) is 12.4 Å². The average molecular weight is 473 g/mol. The van der Waals surface area contributed by atoms with E-state index in [0.29, 0.717) is 16.7 Å². The minimum atomic E-state index is -0.608. The van der Waals surface area contributed by atoms with Gasteiger partial charge in [0.2, 0.25) is 5.91 Å². The van der Waals surface area contributed by atoms with Crippen LogP contribution in [-0.4, -0.2) is 55.5 Å². The Morgan fingerprint density at radius 2 is 1.94 bits per heavy atom. The lowest BCUT2D eigenvalue weighted by Gasteiger charge is -2.14. The van der Waals surface area contributed by atoms with Gasteiger partial charge in [-0.05, 0) is 38.0 Å². The van der Waals surface area contributed by atoms with E-state index in [1.807, 2.05) is 32.0 Å². The van der Waals surface area contributed by atoms with Crippen molar-refractivity contribution in [3.8, 4) is 5.69 Å². The number of amides is 1. The number of H-pyrrole nitrogens is 2. The lowest BCUT2D eigenvalue weighted by Crippen LogP contribution is -2.31.